The van der Waals surface area contributed by atoms with Crippen LogP contribution in [-0.2, 0) is 12.8 Å². The van der Waals surface area contributed by atoms with Crippen molar-refractivity contribution in [3.63, 3.8) is 0 Å². The molecule has 3 aromatic carbocycles. The molecule has 0 bridgehead atoms. The van der Waals surface area contributed by atoms with Crippen LogP contribution >= 0.6 is 0 Å². The minimum Gasteiger partial charge on any atom is -0.304 e. The summed E-state index contributed by atoms with van der Waals surface area (Å²) in [5.41, 5.74) is 4.46. The zero-order chi connectivity index (χ0) is 17.2. The first-order valence-electron chi connectivity index (χ1n) is 8.52. The standard InChI is InChI=1S/C23H20N2/c1-3-18-10-7-11-21-23(18)24-22(25(21)4-2)15-13-17-12-14-19-8-5-6-9-20(19)16-17/h3-12,14,16H,1-2,13,15H2. The molecule has 122 valence electrons. The highest BCUT2D eigenvalue weighted by atomic mass is 15.1. The lowest BCUT2D eigenvalue weighted by molar-refractivity contribution is 0.857. The number of rotatable bonds is 5. The first kappa shape index (κ1) is 15.4. The number of imidazole rings is 1. The Morgan fingerprint density at radius 2 is 1.72 bits per heavy atom. The predicted molar refractivity (Wildman–Crippen MR) is 108 cm³/mol. The fourth-order valence-electron chi connectivity index (χ4n) is 3.38. The van der Waals surface area contributed by atoms with Crippen LogP contribution in [0.5, 0.6) is 0 Å². The zero-order valence-electron chi connectivity index (χ0n) is 14.2. The molecule has 4 aromatic rings. The second-order valence-corrected chi connectivity index (χ2v) is 6.18. The molecule has 0 amide bonds. The summed E-state index contributed by atoms with van der Waals surface area (Å²) in [6, 6.07) is 21.3. The molecule has 0 fully saturated rings. The molecule has 0 atom stereocenters. The largest absolute Gasteiger partial charge is 0.304 e. The van der Waals surface area contributed by atoms with Crippen LogP contribution in [0.4, 0.5) is 0 Å². The maximum atomic E-state index is 4.85. The molecule has 0 saturated carbocycles. The Kier molecular flexibility index (Phi) is 3.95. The van der Waals surface area contributed by atoms with Gasteiger partial charge in [0.25, 0.3) is 0 Å². The highest BCUT2D eigenvalue weighted by Gasteiger charge is 2.11. The molecule has 2 nitrogen and oxygen atoms in total. The molecule has 0 saturated heterocycles. The van der Waals surface area contributed by atoms with Gasteiger partial charge in [-0.15, -0.1) is 0 Å². The molecule has 1 heterocycles. The summed E-state index contributed by atoms with van der Waals surface area (Å²) in [4.78, 5) is 4.85. The monoisotopic (exact) mass is 324 g/mol. The second-order valence-electron chi connectivity index (χ2n) is 6.18. The molecule has 0 aliphatic carbocycles. The van der Waals surface area contributed by atoms with Gasteiger partial charge < -0.3 is 4.57 Å². The zero-order valence-corrected chi connectivity index (χ0v) is 14.2. The Balaban J connectivity index is 1.67. The summed E-state index contributed by atoms with van der Waals surface area (Å²) < 4.78 is 2.09. The van der Waals surface area contributed by atoms with E-state index in [1.165, 1.54) is 16.3 Å². The highest BCUT2D eigenvalue weighted by Crippen LogP contribution is 2.23. The predicted octanol–water partition coefficient (Wildman–Crippen LogP) is 5.72. The Hall–Kier alpha value is -3.13. The second kappa shape index (κ2) is 6.40. The van der Waals surface area contributed by atoms with Crippen LogP contribution in [0, 0.1) is 0 Å². The molecule has 4 rings (SSSR count). The van der Waals surface area contributed by atoms with Crippen LogP contribution in [0.2, 0.25) is 0 Å². The third-order valence-corrected chi connectivity index (χ3v) is 4.68. The Bertz CT molecular complexity index is 1090. The molecule has 0 unspecified atom stereocenters. The topological polar surface area (TPSA) is 17.8 Å². The van der Waals surface area contributed by atoms with Crippen LogP contribution in [0.3, 0.4) is 0 Å². The summed E-state index contributed by atoms with van der Waals surface area (Å²) in [6.07, 6.45) is 5.52. The van der Waals surface area contributed by atoms with E-state index in [1.807, 2.05) is 24.4 Å². The van der Waals surface area contributed by atoms with Gasteiger partial charge in [-0.05, 0) is 28.8 Å². The molecule has 25 heavy (non-hydrogen) atoms. The van der Waals surface area contributed by atoms with Crippen LogP contribution in [0.15, 0.2) is 73.8 Å². The fraction of sp³-hybridized carbons (Fsp3) is 0.0870. The van der Waals surface area contributed by atoms with Crippen LogP contribution in [0.25, 0.3) is 34.1 Å². The van der Waals surface area contributed by atoms with Crippen molar-refractivity contribution >= 4 is 34.1 Å². The van der Waals surface area contributed by atoms with E-state index >= 15 is 0 Å². The number of nitrogens with zero attached hydrogens (tertiary/aromatic N) is 2. The van der Waals surface area contributed by atoms with Gasteiger partial charge in [0, 0.05) is 18.2 Å². The summed E-state index contributed by atoms with van der Waals surface area (Å²) >= 11 is 0. The number of benzene rings is 3. The Morgan fingerprint density at radius 3 is 2.52 bits per heavy atom. The van der Waals surface area contributed by atoms with Gasteiger partial charge in [-0.3, -0.25) is 0 Å². The van der Waals surface area contributed by atoms with Gasteiger partial charge in [0.05, 0.1) is 11.0 Å². The molecular weight excluding hydrogens is 304 g/mol. The average Bonchev–Trinajstić information content (AvgIpc) is 3.03. The van der Waals surface area contributed by atoms with Gasteiger partial charge in [0.1, 0.15) is 5.82 Å². The summed E-state index contributed by atoms with van der Waals surface area (Å²) in [7, 11) is 0. The maximum absolute atomic E-state index is 4.85. The molecule has 1 aromatic heterocycles. The van der Waals surface area contributed by atoms with Crippen LogP contribution in [0.1, 0.15) is 17.0 Å². The number of hydrogen-bond acceptors (Lipinski definition) is 1. The average molecular weight is 324 g/mol. The summed E-state index contributed by atoms with van der Waals surface area (Å²) in [5.74, 6) is 1.03. The minimum atomic E-state index is 0.871. The number of aromatic nitrogens is 2. The lowest BCUT2D eigenvalue weighted by Crippen LogP contribution is -1.99. The van der Waals surface area contributed by atoms with Gasteiger partial charge in [-0.2, -0.15) is 0 Å². The number of fused-ring (bicyclic) bond motifs is 2. The SMILES string of the molecule is C=Cc1cccc2c1nc(CCc1ccc3ccccc3c1)n2C=C. The molecule has 2 heteroatoms. The van der Waals surface area contributed by atoms with E-state index in [1.54, 1.807) is 0 Å². The van der Waals surface area contributed by atoms with Crippen molar-refractivity contribution < 1.29 is 0 Å². The smallest absolute Gasteiger partial charge is 0.114 e. The number of aryl methyl sites for hydroxylation is 2. The van der Waals surface area contributed by atoms with E-state index in [9.17, 15) is 0 Å². The quantitative estimate of drug-likeness (QED) is 0.459. The third-order valence-electron chi connectivity index (χ3n) is 4.68. The molecule has 0 spiro atoms. The van der Waals surface area contributed by atoms with Crippen molar-refractivity contribution in [3.05, 3.63) is 90.8 Å². The fourth-order valence-corrected chi connectivity index (χ4v) is 3.38. The van der Waals surface area contributed by atoms with Crippen molar-refractivity contribution in [2.24, 2.45) is 0 Å². The minimum absolute atomic E-state index is 0.871. The summed E-state index contributed by atoms with van der Waals surface area (Å²) in [6.45, 7) is 7.86. The third kappa shape index (κ3) is 2.76. The van der Waals surface area contributed by atoms with Crippen LogP contribution < -0.4 is 0 Å². The molecule has 0 aliphatic rings. The molecular formula is C23H20N2. The Morgan fingerprint density at radius 1 is 0.880 bits per heavy atom. The van der Waals surface area contributed by atoms with Crippen molar-refractivity contribution in [3.8, 4) is 0 Å². The van der Waals surface area contributed by atoms with Gasteiger partial charge in [0.2, 0.25) is 0 Å². The van der Waals surface area contributed by atoms with Gasteiger partial charge in [-0.25, -0.2) is 4.98 Å². The van der Waals surface area contributed by atoms with E-state index in [-0.39, 0.29) is 0 Å². The van der Waals surface area contributed by atoms with E-state index < -0.39 is 0 Å². The maximum Gasteiger partial charge on any atom is 0.114 e. The highest BCUT2D eigenvalue weighted by molar-refractivity contribution is 5.86. The van der Waals surface area contributed by atoms with E-state index in [0.29, 0.717) is 0 Å². The lowest BCUT2D eigenvalue weighted by Gasteiger charge is -2.05. The molecule has 0 radical (unpaired) electrons. The van der Waals surface area contributed by atoms with Gasteiger partial charge >= 0.3 is 0 Å². The van der Waals surface area contributed by atoms with Crippen molar-refractivity contribution in [1.29, 1.82) is 0 Å². The van der Waals surface area contributed by atoms with Crippen LogP contribution in [-0.4, -0.2) is 9.55 Å². The van der Waals surface area contributed by atoms with E-state index in [0.717, 1.165) is 35.3 Å². The lowest BCUT2D eigenvalue weighted by atomic mass is 10.0. The normalized spacial score (nSPS) is 11.0. The van der Waals surface area contributed by atoms with E-state index in [2.05, 4.69) is 66.3 Å². The number of hydrogen-bond donors (Lipinski definition) is 0. The summed E-state index contributed by atoms with van der Waals surface area (Å²) in [5, 5.41) is 2.56. The van der Waals surface area contributed by atoms with E-state index in [4.69, 9.17) is 4.98 Å². The van der Waals surface area contributed by atoms with Crippen molar-refractivity contribution in [2.45, 2.75) is 12.8 Å². The van der Waals surface area contributed by atoms with Crippen molar-refractivity contribution in [1.82, 2.24) is 9.55 Å². The van der Waals surface area contributed by atoms with Crippen molar-refractivity contribution in [2.75, 3.05) is 0 Å². The molecule has 0 N–H and O–H groups in total. The Labute approximate surface area is 147 Å². The van der Waals surface area contributed by atoms with Gasteiger partial charge in [0.15, 0.2) is 0 Å². The van der Waals surface area contributed by atoms with Gasteiger partial charge in [-0.1, -0.05) is 73.8 Å². The first-order valence-corrected chi connectivity index (χ1v) is 8.52. The number of para-hydroxylation sites is 1. The molecule has 0 aliphatic heterocycles. The first-order chi connectivity index (χ1) is 12.3.